The molecule has 0 saturated heterocycles. The number of ether oxygens (including phenoxy) is 1. The zero-order valence-electron chi connectivity index (χ0n) is 21.0. The molecule has 0 aliphatic carbocycles. The van der Waals surface area contributed by atoms with Crippen LogP contribution >= 0.6 is 0 Å². The maximum atomic E-state index is 12.3. The van der Waals surface area contributed by atoms with Gasteiger partial charge < -0.3 is 9.15 Å². The molecule has 1 heterocycles. The summed E-state index contributed by atoms with van der Waals surface area (Å²) in [5, 5.41) is 0.926. The van der Waals surface area contributed by atoms with Gasteiger partial charge in [0.15, 0.2) is 0 Å². The maximum Gasteiger partial charge on any atom is 0.344 e. The molecule has 0 fully saturated rings. The summed E-state index contributed by atoms with van der Waals surface area (Å²) >= 11 is 0. The van der Waals surface area contributed by atoms with Gasteiger partial charge >= 0.3 is 5.63 Å². The van der Waals surface area contributed by atoms with Gasteiger partial charge in [0, 0.05) is 5.39 Å². The van der Waals surface area contributed by atoms with Gasteiger partial charge in [-0.1, -0.05) is 121 Å². The molecular weight excluding hydrogens is 420 g/mol. The Balaban J connectivity index is 1.24. The van der Waals surface area contributed by atoms with Crippen molar-refractivity contribution in [2.24, 2.45) is 0 Å². The highest BCUT2D eigenvalue weighted by molar-refractivity contribution is 5.81. The van der Waals surface area contributed by atoms with E-state index in [1.807, 2.05) is 54.6 Å². The fourth-order valence-electron chi connectivity index (χ4n) is 4.48. The average Bonchev–Trinajstić information content (AvgIpc) is 2.86. The van der Waals surface area contributed by atoms with E-state index in [1.165, 1.54) is 83.5 Å². The smallest absolute Gasteiger partial charge is 0.344 e. The van der Waals surface area contributed by atoms with Crippen molar-refractivity contribution in [1.29, 1.82) is 0 Å². The van der Waals surface area contributed by atoms with Crippen LogP contribution in [0.1, 0.15) is 96.8 Å². The number of rotatable bonds is 17. The Hall–Kier alpha value is -2.55. The molecule has 0 N–H and O–H groups in total. The molecule has 0 atom stereocenters. The van der Waals surface area contributed by atoms with E-state index in [1.54, 1.807) is 0 Å². The van der Waals surface area contributed by atoms with Gasteiger partial charge in [0.05, 0.1) is 12.2 Å². The van der Waals surface area contributed by atoms with Crippen LogP contribution in [-0.2, 0) is 0 Å². The zero-order valence-corrected chi connectivity index (χ0v) is 21.0. The van der Waals surface area contributed by atoms with Crippen molar-refractivity contribution < 1.29 is 9.15 Å². The van der Waals surface area contributed by atoms with Gasteiger partial charge in [-0.15, -0.1) is 0 Å². The van der Waals surface area contributed by atoms with Crippen LogP contribution in [0.4, 0.5) is 0 Å². The van der Waals surface area contributed by atoms with Gasteiger partial charge in [0.25, 0.3) is 0 Å². The van der Waals surface area contributed by atoms with Crippen molar-refractivity contribution in [3.8, 4) is 16.9 Å². The Morgan fingerprint density at radius 3 is 1.85 bits per heavy atom. The second kappa shape index (κ2) is 15.4. The van der Waals surface area contributed by atoms with Crippen LogP contribution in [0.25, 0.3) is 22.1 Å². The van der Waals surface area contributed by atoms with Crippen LogP contribution in [0.5, 0.6) is 5.75 Å². The van der Waals surface area contributed by atoms with Crippen molar-refractivity contribution in [3.63, 3.8) is 0 Å². The van der Waals surface area contributed by atoms with E-state index in [2.05, 4.69) is 6.92 Å². The number of unbranched alkanes of at least 4 members (excludes halogenated alkanes) is 13. The molecule has 0 bridgehead atoms. The van der Waals surface area contributed by atoms with Gasteiger partial charge in [0.2, 0.25) is 0 Å². The number of hydrogen-bond acceptors (Lipinski definition) is 3. The second-order valence-corrected chi connectivity index (χ2v) is 9.45. The Morgan fingerprint density at radius 2 is 1.24 bits per heavy atom. The maximum absolute atomic E-state index is 12.3. The third-order valence-corrected chi connectivity index (χ3v) is 6.57. The zero-order chi connectivity index (χ0) is 23.8. The molecule has 0 radical (unpaired) electrons. The lowest BCUT2D eigenvalue weighted by Gasteiger charge is -2.08. The molecule has 0 amide bonds. The van der Waals surface area contributed by atoms with Gasteiger partial charge in [-0.05, 0) is 36.2 Å². The van der Waals surface area contributed by atoms with Crippen LogP contribution in [0.3, 0.4) is 0 Å². The average molecular weight is 463 g/mol. The largest absolute Gasteiger partial charge is 0.494 e. The highest BCUT2D eigenvalue weighted by atomic mass is 16.5. The highest BCUT2D eigenvalue weighted by Crippen LogP contribution is 2.23. The van der Waals surface area contributed by atoms with Crippen LogP contribution in [-0.4, -0.2) is 6.61 Å². The Morgan fingerprint density at radius 1 is 0.676 bits per heavy atom. The SMILES string of the molecule is CCCCCCCCCCCCCCCCOc1ccc(-c2cc3ccccc3oc2=O)cc1. The third kappa shape index (κ3) is 9.00. The van der Waals surface area contributed by atoms with Gasteiger partial charge in [-0.2, -0.15) is 0 Å². The summed E-state index contributed by atoms with van der Waals surface area (Å²) in [7, 11) is 0. The number of benzene rings is 2. The van der Waals surface area contributed by atoms with Crippen molar-refractivity contribution in [2.75, 3.05) is 6.61 Å². The van der Waals surface area contributed by atoms with E-state index >= 15 is 0 Å². The Kier molecular flexibility index (Phi) is 11.8. The van der Waals surface area contributed by atoms with E-state index in [4.69, 9.17) is 9.15 Å². The molecule has 3 rings (SSSR count). The lowest BCUT2D eigenvalue weighted by molar-refractivity contribution is 0.304. The number of hydrogen-bond donors (Lipinski definition) is 0. The molecule has 34 heavy (non-hydrogen) atoms. The molecule has 184 valence electrons. The lowest BCUT2D eigenvalue weighted by Crippen LogP contribution is -2.02. The molecule has 0 spiro atoms. The molecule has 0 unspecified atom stereocenters. The first-order valence-electron chi connectivity index (χ1n) is 13.5. The van der Waals surface area contributed by atoms with Crippen molar-refractivity contribution >= 4 is 11.0 Å². The summed E-state index contributed by atoms with van der Waals surface area (Å²) < 4.78 is 11.4. The minimum atomic E-state index is -0.310. The first kappa shape index (κ1) is 26.1. The third-order valence-electron chi connectivity index (χ3n) is 6.57. The van der Waals surface area contributed by atoms with Crippen LogP contribution in [0, 0.1) is 0 Å². The molecule has 3 nitrogen and oxygen atoms in total. The quantitative estimate of drug-likeness (QED) is 0.148. The van der Waals surface area contributed by atoms with Gasteiger partial charge in [-0.3, -0.25) is 0 Å². The fourth-order valence-corrected chi connectivity index (χ4v) is 4.48. The normalized spacial score (nSPS) is 11.2. The predicted molar refractivity (Wildman–Crippen MR) is 144 cm³/mol. The number of para-hydroxylation sites is 1. The summed E-state index contributed by atoms with van der Waals surface area (Å²) in [6, 6.07) is 17.2. The minimum absolute atomic E-state index is 0.310. The Labute approximate surface area is 205 Å². The molecule has 0 saturated carbocycles. The van der Waals surface area contributed by atoms with Crippen LogP contribution < -0.4 is 10.4 Å². The second-order valence-electron chi connectivity index (χ2n) is 9.45. The van der Waals surface area contributed by atoms with E-state index in [0.29, 0.717) is 11.1 Å². The molecule has 0 aliphatic heterocycles. The fraction of sp³-hybridized carbons (Fsp3) is 0.516. The minimum Gasteiger partial charge on any atom is -0.494 e. The first-order chi connectivity index (χ1) is 16.8. The van der Waals surface area contributed by atoms with E-state index < -0.39 is 0 Å². The molecule has 2 aromatic carbocycles. The number of fused-ring (bicyclic) bond motifs is 1. The molecule has 0 aliphatic rings. The van der Waals surface area contributed by atoms with Crippen molar-refractivity contribution in [1.82, 2.24) is 0 Å². The Bertz CT molecular complexity index is 1000. The predicted octanol–water partition coefficient (Wildman–Crippen LogP) is 9.32. The van der Waals surface area contributed by atoms with Gasteiger partial charge in [-0.25, -0.2) is 4.79 Å². The monoisotopic (exact) mass is 462 g/mol. The van der Waals surface area contributed by atoms with E-state index in [9.17, 15) is 4.79 Å². The molecule has 3 aromatic rings. The molecule has 3 heteroatoms. The summed E-state index contributed by atoms with van der Waals surface area (Å²) in [5.41, 5.74) is 1.74. The van der Waals surface area contributed by atoms with Crippen molar-refractivity contribution in [2.45, 2.75) is 96.8 Å². The molecular formula is C31H42O3. The van der Waals surface area contributed by atoms with Crippen LogP contribution in [0.2, 0.25) is 0 Å². The van der Waals surface area contributed by atoms with Crippen molar-refractivity contribution in [3.05, 3.63) is 65.0 Å². The first-order valence-corrected chi connectivity index (χ1v) is 13.5. The standard InChI is InChI=1S/C31H42O3/c1-2-3-4-5-6-7-8-9-10-11-12-13-14-17-24-33-28-22-20-26(21-23-28)29-25-27-18-15-16-19-30(27)34-31(29)32/h15-16,18-23,25H,2-14,17,24H2,1H3. The summed E-state index contributed by atoms with van der Waals surface area (Å²) in [5.74, 6) is 0.851. The van der Waals surface area contributed by atoms with Crippen LogP contribution in [0.15, 0.2) is 63.8 Å². The molecule has 1 aromatic heterocycles. The summed E-state index contributed by atoms with van der Waals surface area (Å²) in [4.78, 5) is 12.3. The van der Waals surface area contributed by atoms with E-state index in [0.717, 1.165) is 29.7 Å². The summed E-state index contributed by atoms with van der Waals surface area (Å²) in [6.07, 6.45) is 19.0. The highest BCUT2D eigenvalue weighted by Gasteiger charge is 2.08. The summed E-state index contributed by atoms with van der Waals surface area (Å²) in [6.45, 7) is 3.03. The van der Waals surface area contributed by atoms with E-state index in [-0.39, 0.29) is 5.63 Å². The van der Waals surface area contributed by atoms with Gasteiger partial charge in [0.1, 0.15) is 11.3 Å². The topological polar surface area (TPSA) is 39.4 Å². The lowest BCUT2D eigenvalue weighted by atomic mass is 10.0.